The first-order valence-electron chi connectivity index (χ1n) is 9.17. The molecule has 0 radical (unpaired) electrons. The number of rotatable bonds is 8. The molecule has 2 atom stereocenters. The van der Waals surface area contributed by atoms with Crippen molar-refractivity contribution < 1.29 is 18.9 Å². The third kappa shape index (κ3) is 6.48. The minimum atomic E-state index is -0.914. The van der Waals surface area contributed by atoms with E-state index in [4.69, 9.17) is 9.30 Å². The lowest BCUT2D eigenvalue weighted by atomic mass is 9.87. The number of carbonyl (C=O) groups is 2. The molecule has 0 aliphatic heterocycles. The van der Waals surface area contributed by atoms with Crippen LogP contribution in [0.25, 0.3) is 0 Å². The van der Waals surface area contributed by atoms with E-state index in [-0.39, 0.29) is 5.78 Å². The second kappa shape index (κ2) is 12.2. The largest absolute Gasteiger partial charge is 0.465 e. The first kappa shape index (κ1) is 22.9. The van der Waals surface area contributed by atoms with Gasteiger partial charge in [-0.3, -0.25) is 9.59 Å². The number of hydrogen-bond donors (Lipinski definition) is 0. The van der Waals surface area contributed by atoms with E-state index < -0.39 is 11.9 Å². The summed E-state index contributed by atoms with van der Waals surface area (Å²) in [6, 6.07) is 14.9. The van der Waals surface area contributed by atoms with Gasteiger partial charge in [-0.2, -0.15) is 0 Å². The molecule has 0 aliphatic rings. The Morgan fingerprint density at radius 3 is 2.07 bits per heavy atom. The smallest absolute Gasteiger partial charge is 0.321 e. The predicted molar refractivity (Wildman–Crippen MR) is 112 cm³/mol. The third-order valence-electron chi connectivity index (χ3n) is 4.35. The summed E-state index contributed by atoms with van der Waals surface area (Å²) in [7, 11) is 0.611. The molecular weight excluding hydrogens is 359 g/mol. The number of benzene rings is 2. The van der Waals surface area contributed by atoms with E-state index in [0.717, 1.165) is 30.4 Å². The van der Waals surface area contributed by atoms with Gasteiger partial charge in [0.25, 0.3) is 0 Å². The Morgan fingerprint density at radius 1 is 0.926 bits per heavy atom. The number of carbonyl (C=O) groups excluding carboxylic acids is 2. The molecule has 2 rings (SSSR count). The summed E-state index contributed by atoms with van der Waals surface area (Å²) in [5, 5.41) is 0. The lowest BCUT2D eigenvalue weighted by molar-refractivity contribution is -0.144. The van der Waals surface area contributed by atoms with Crippen LogP contribution in [-0.2, 0) is 14.1 Å². The van der Waals surface area contributed by atoms with Crippen molar-refractivity contribution in [3.05, 3.63) is 70.8 Å². The molecule has 0 aliphatic carbocycles. The van der Waals surface area contributed by atoms with E-state index in [1.807, 2.05) is 62.4 Å². The fourth-order valence-corrected chi connectivity index (χ4v) is 3.00. The lowest BCUT2D eigenvalue weighted by Gasteiger charge is -2.18. The van der Waals surface area contributed by atoms with Crippen molar-refractivity contribution in [1.82, 2.24) is 0 Å². The average Bonchev–Trinajstić information content (AvgIpc) is 2.68. The number of ether oxygens (including phenoxy) is 1. The van der Waals surface area contributed by atoms with E-state index >= 15 is 0 Å². The minimum absolute atomic E-state index is 0.192. The van der Waals surface area contributed by atoms with Gasteiger partial charge in [0.1, 0.15) is 5.92 Å². The first-order valence-corrected chi connectivity index (χ1v) is 9.74. The van der Waals surface area contributed by atoms with Gasteiger partial charge in [-0.25, -0.2) is 0 Å². The Kier molecular flexibility index (Phi) is 10.4. The number of ketones is 1. The summed E-state index contributed by atoms with van der Waals surface area (Å²) in [5.41, 5.74) is 3.05. The molecule has 0 saturated carbocycles. The highest BCUT2D eigenvalue weighted by atomic mass is 31.0. The van der Waals surface area contributed by atoms with Gasteiger partial charge in [0.05, 0.1) is 15.7 Å². The molecule has 0 aromatic heterocycles. The van der Waals surface area contributed by atoms with E-state index in [0.29, 0.717) is 26.9 Å². The standard InChI is InChI=1S/C22H26O3.H3OP/c1-4-5-9-15-25-22(24)20(18-13-7-6-8-14-18)21(23)19-16(2)11-10-12-17(19)3;1-2/h6-8,10-14,20H,4-5,9,15H2,1-3H3;2H3. The number of hydrogen-bond acceptors (Lipinski definition) is 4. The zero-order valence-corrected chi connectivity index (χ0v) is 17.8. The maximum Gasteiger partial charge on any atom is 0.321 e. The van der Waals surface area contributed by atoms with Gasteiger partial charge in [0.15, 0.2) is 5.78 Å². The van der Waals surface area contributed by atoms with Gasteiger partial charge in [0.2, 0.25) is 0 Å². The predicted octanol–water partition coefficient (Wildman–Crippen LogP) is 4.94. The SMILES string of the molecule is CCCCCOC(=O)C(C(=O)c1c(C)cccc1C)c1ccccc1.O=[PH3]. The van der Waals surface area contributed by atoms with E-state index in [2.05, 4.69) is 6.92 Å². The van der Waals surface area contributed by atoms with Crippen LogP contribution in [0.2, 0.25) is 0 Å². The van der Waals surface area contributed by atoms with Gasteiger partial charge in [-0.15, -0.1) is 0 Å². The molecule has 2 unspecified atom stereocenters. The van der Waals surface area contributed by atoms with Gasteiger partial charge in [0, 0.05) is 5.56 Å². The van der Waals surface area contributed by atoms with Crippen LogP contribution in [-0.4, -0.2) is 18.4 Å². The maximum absolute atomic E-state index is 13.2. The zero-order valence-electron chi connectivity index (χ0n) is 16.4. The highest BCUT2D eigenvalue weighted by Crippen LogP contribution is 2.26. The van der Waals surface area contributed by atoms with Crippen LogP contribution in [0.3, 0.4) is 0 Å². The summed E-state index contributed by atoms with van der Waals surface area (Å²) in [6.07, 6.45) is 2.89. The van der Waals surface area contributed by atoms with Crippen molar-refractivity contribution in [2.24, 2.45) is 0 Å². The maximum atomic E-state index is 13.2. The van der Waals surface area contributed by atoms with Crippen molar-refractivity contribution in [3.63, 3.8) is 0 Å². The molecular formula is C22H29O4P. The summed E-state index contributed by atoms with van der Waals surface area (Å²) >= 11 is 0. The molecule has 0 saturated heterocycles. The fraction of sp³-hybridized carbons (Fsp3) is 0.364. The lowest BCUT2D eigenvalue weighted by Crippen LogP contribution is -2.26. The van der Waals surface area contributed by atoms with Crippen molar-refractivity contribution in [1.29, 1.82) is 0 Å². The molecule has 0 heterocycles. The molecule has 0 spiro atoms. The number of aryl methyl sites for hydroxylation is 2. The first-order chi connectivity index (χ1) is 13.1. The van der Waals surface area contributed by atoms with Crippen molar-refractivity contribution >= 4 is 20.9 Å². The van der Waals surface area contributed by atoms with E-state index in [1.54, 1.807) is 0 Å². The Morgan fingerprint density at radius 2 is 1.52 bits per heavy atom. The zero-order chi connectivity index (χ0) is 20.2. The molecule has 5 heteroatoms. The second-order valence-corrected chi connectivity index (χ2v) is 6.35. The van der Waals surface area contributed by atoms with Gasteiger partial charge in [-0.05, 0) is 37.0 Å². The number of unbranched alkanes of at least 4 members (excludes halogenated alkanes) is 2. The Balaban J connectivity index is 0.00000176. The second-order valence-electron chi connectivity index (χ2n) is 6.35. The van der Waals surface area contributed by atoms with Crippen LogP contribution in [0.4, 0.5) is 0 Å². The minimum Gasteiger partial charge on any atom is -0.465 e. The quantitative estimate of drug-likeness (QED) is 0.211. The van der Waals surface area contributed by atoms with Crippen LogP contribution in [0, 0.1) is 13.8 Å². The highest BCUT2D eigenvalue weighted by Gasteiger charge is 2.32. The molecule has 4 nitrogen and oxygen atoms in total. The Bertz CT molecular complexity index is 723. The molecule has 2 aromatic carbocycles. The monoisotopic (exact) mass is 388 g/mol. The van der Waals surface area contributed by atoms with Gasteiger partial charge >= 0.3 is 5.97 Å². The highest BCUT2D eigenvalue weighted by molar-refractivity contribution is 7.00. The molecule has 0 bridgehead atoms. The Hall–Kier alpha value is -2.19. The number of Topliss-reactive ketones (excluding diaryl/α,β-unsaturated/α-hetero) is 1. The summed E-state index contributed by atoms with van der Waals surface area (Å²) in [5.74, 6) is -1.57. The normalized spacial score (nSPS) is 11.2. The molecule has 0 fully saturated rings. The molecule has 146 valence electrons. The van der Waals surface area contributed by atoms with Crippen LogP contribution < -0.4 is 0 Å². The number of esters is 1. The van der Waals surface area contributed by atoms with Gasteiger partial charge in [-0.1, -0.05) is 68.3 Å². The fourth-order valence-electron chi connectivity index (χ4n) is 3.00. The molecule has 27 heavy (non-hydrogen) atoms. The third-order valence-corrected chi connectivity index (χ3v) is 4.35. The van der Waals surface area contributed by atoms with E-state index in [9.17, 15) is 9.59 Å². The van der Waals surface area contributed by atoms with Crippen LogP contribution >= 0.6 is 9.12 Å². The topological polar surface area (TPSA) is 60.4 Å². The Labute approximate surface area is 163 Å². The summed E-state index contributed by atoms with van der Waals surface area (Å²) in [6.45, 7) is 6.25. The van der Waals surface area contributed by atoms with Crippen LogP contribution in [0.5, 0.6) is 0 Å². The van der Waals surface area contributed by atoms with Crippen molar-refractivity contribution in [2.75, 3.05) is 6.61 Å². The summed E-state index contributed by atoms with van der Waals surface area (Å²) < 4.78 is 13.7. The van der Waals surface area contributed by atoms with Crippen LogP contribution in [0.1, 0.15) is 59.2 Å². The molecule has 0 N–H and O–H groups in total. The van der Waals surface area contributed by atoms with E-state index in [1.165, 1.54) is 0 Å². The van der Waals surface area contributed by atoms with Crippen molar-refractivity contribution in [2.45, 2.75) is 46.0 Å². The van der Waals surface area contributed by atoms with Gasteiger partial charge < -0.3 is 9.30 Å². The molecule has 0 amide bonds. The average molecular weight is 388 g/mol. The van der Waals surface area contributed by atoms with Crippen molar-refractivity contribution in [3.8, 4) is 0 Å². The molecule has 2 aromatic rings. The van der Waals surface area contributed by atoms with Crippen LogP contribution in [0.15, 0.2) is 48.5 Å². The summed E-state index contributed by atoms with van der Waals surface area (Å²) in [4.78, 5) is 25.9.